The molecule has 0 unspecified atom stereocenters. The number of hydrogen-bond acceptors (Lipinski definition) is 2. The Morgan fingerprint density at radius 1 is 0.800 bits per heavy atom. The van der Waals surface area contributed by atoms with E-state index in [2.05, 4.69) is 46.3 Å². The average molecular weight is 391 g/mol. The van der Waals surface area contributed by atoms with Gasteiger partial charge in [-0.05, 0) is 45.8 Å². The third-order valence-corrected chi connectivity index (χ3v) is 4.78. The van der Waals surface area contributed by atoms with E-state index in [1.54, 1.807) is 12.1 Å². The molecule has 0 aliphatic rings. The van der Waals surface area contributed by atoms with Gasteiger partial charge >= 0.3 is 5.97 Å². The Balaban J connectivity index is 1.73. The SMILES string of the molecule is O=C(OCc1c2ccccc2cc2ccccc12)c1cccc(Br)c1. The van der Waals surface area contributed by atoms with E-state index in [4.69, 9.17) is 4.74 Å². The zero-order valence-electron chi connectivity index (χ0n) is 13.4. The zero-order chi connectivity index (χ0) is 17.2. The van der Waals surface area contributed by atoms with Crippen LogP contribution in [0.1, 0.15) is 15.9 Å². The van der Waals surface area contributed by atoms with Crippen molar-refractivity contribution >= 4 is 43.4 Å². The summed E-state index contributed by atoms with van der Waals surface area (Å²) in [6.45, 7) is 0.243. The van der Waals surface area contributed by atoms with Gasteiger partial charge in [-0.2, -0.15) is 0 Å². The van der Waals surface area contributed by atoms with Crippen LogP contribution in [0.25, 0.3) is 21.5 Å². The van der Waals surface area contributed by atoms with E-state index < -0.39 is 0 Å². The third kappa shape index (κ3) is 3.15. The van der Waals surface area contributed by atoms with Gasteiger partial charge in [0.25, 0.3) is 0 Å². The average Bonchev–Trinajstić information content (AvgIpc) is 2.65. The lowest BCUT2D eigenvalue weighted by molar-refractivity contribution is 0.0476. The van der Waals surface area contributed by atoms with Crippen LogP contribution in [-0.2, 0) is 11.3 Å². The molecule has 0 fully saturated rings. The Morgan fingerprint density at radius 3 is 2.08 bits per heavy atom. The quantitative estimate of drug-likeness (QED) is 0.311. The second kappa shape index (κ2) is 6.69. The molecule has 4 rings (SSSR count). The van der Waals surface area contributed by atoms with Crippen molar-refractivity contribution in [3.8, 4) is 0 Å². The Hall–Kier alpha value is -2.65. The molecule has 0 heterocycles. The van der Waals surface area contributed by atoms with E-state index in [1.807, 2.05) is 36.4 Å². The topological polar surface area (TPSA) is 26.3 Å². The molecule has 0 amide bonds. The van der Waals surface area contributed by atoms with Crippen molar-refractivity contribution in [2.75, 3.05) is 0 Å². The predicted octanol–water partition coefficient (Wildman–Crippen LogP) is 6.11. The molecule has 0 spiro atoms. The molecule has 0 radical (unpaired) electrons. The summed E-state index contributed by atoms with van der Waals surface area (Å²) in [5, 5.41) is 4.52. The third-order valence-electron chi connectivity index (χ3n) is 4.29. The number of hydrogen-bond donors (Lipinski definition) is 0. The fourth-order valence-corrected chi connectivity index (χ4v) is 3.50. The van der Waals surface area contributed by atoms with Crippen LogP contribution in [0.4, 0.5) is 0 Å². The minimum Gasteiger partial charge on any atom is -0.457 e. The highest BCUT2D eigenvalue weighted by Crippen LogP contribution is 2.29. The van der Waals surface area contributed by atoms with Crippen molar-refractivity contribution in [3.63, 3.8) is 0 Å². The first-order chi connectivity index (χ1) is 12.2. The molecular formula is C22H15BrO2. The van der Waals surface area contributed by atoms with E-state index in [0.717, 1.165) is 31.6 Å². The van der Waals surface area contributed by atoms with Gasteiger partial charge in [-0.15, -0.1) is 0 Å². The number of benzene rings is 4. The van der Waals surface area contributed by atoms with Gasteiger partial charge in [0, 0.05) is 10.0 Å². The highest BCUT2D eigenvalue weighted by molar-refractivity contribution is 9.10. The van der Waals surface area contributed by atoms with Crippen LogP contribution >= 0.6 is 15.9 Å². The molecule has 4 aromatic carbocycles. The minimum atomic E-state index is -0.321. The first-order valence-electron chi connectivity index (χ1n) is 8.04. The first-order valence-corrected chi connectivity index (χ1v) is 8.84. The van der Waals surface area contributed by atoms with Gasteiger partial charge < -0.3 is 4.74 Å². The van der Waals surface area contributed by atoms with Gasteiger partial charge in [-0.1, -0.05) is 70.5 Å². The molecule has 122 valence electrons. The Labute approximate surface area is 154 Å². The van der Waals surface area contributed by atoms with Crippen molar-refractivity contribution in [2.24, 2.45) is 0 Å². The van der Waals surface area contributed by atoms with Crippen LogP contribution in [0.3, 0.4) is 0 Å². The zero-order valence-corrected chi connectivity index (χ0v) is 15.0. The molecule has 0 bridgehead atoms. The summed E-state index contributed by atoms with van der Waals surface area (Å²) in [5.41, 5.74) is 1.58. The lowest BCUT2D eigenvalue weighted by atomic mass is 9.97. The van der Waals surface area contributed by atoms with Crippen LogP contribution in [0, 0.1) is 0 Å². The number of rotatable bonds is 3. The predicted molar refractivity (Wildman–Crippen MR) is 105 cm³/mol. The van der Waals surface area contributed by atoms with Gasteiger partial charge in [0.1, 0.15) is 6.61 Å². The van der Waals surface area contributed by atoms with Gasteiger partial charge in [0.2, 0.25) is 0 Å². The van der Waals surface area contributed by atoms with Crippen LogP contribution in [0.5, 0.6) is 0 Å². The number of carbonyl (C=O) groups is 1. The van der Waals surface area contributed by atoms with Gasteiger partial charge in [0.15, 0.2) is 0 Å². The van der Waals surface area contributed by atoms with Crippen molar-refractivity contribution in [2.45, 2.75) is 6.61 Å². The van der Waals surface area contributed by atoms with Crippen LogP contribution in [0.15, 0.2) is 83.3 Å². The second-order valence-corrected chi connectivity index (χ2v) is 6.80. The monoisotopic (exact) mass is 390 g/mol. The van der Waals surface area contributed by atoms with E-state index in [9.17, 15) is 4.79 Å². The molecule has 0 aliphatic heterocycles. The maximum absolute atomic E-state index is 12.4. The normalized spacial score (nSPS) is 10.9. The summed E-state index contributed by atoms with van der Waals surface area (Å²) in [5.74, 6) is -0.321. The van der Waals surface area contributed by atoms with Crippen molar-refractivity contribution in [1.82, 2.24) is 0 Å². The van der Waals surface area contributed by atoms with Gasteiger partial charge in [-0.25, -0.2) is 4.79 Å². The molecule has 2 nitrogen and oxygen atoms in total. The summed E-state index contributed by atoms with van der Waals surface area (Å²) < 4.78 is 6.48. The summed E-state index contributed by atoms with van der Waals surface area (Å²) in [6.07, 6.45) is 0. The van der Waals surface area contributed by atoms with Crippen molar-refractivity contribution in [3.05, 3.63) is 94.5 Å². The number of esters is 1. The number of halogens is 1. The summed E-state index contributed by atoms with van der Waals surface area (Å²) in [6, 6.07) is 25.8. The Kier molecular flexibility index (Phi) is 4.24. The molecular weight excluding hydrogens is 376 g/mol. The molecule has 4 aromatic rings. The molecule has 0 N–H and O–H groups in total. The standard InChI is InChI=1S/C22H15BrO2/c23-18-9-5-8-17(13-18)22(24)25-14-21-19-10-3-1-6-15(19)12-16-7-2-4-11-20(16)21/h1-13H,14H2. The summed E-state index contributed by atoms with van der Waals surface area (Å²) in [4.78, 5) is 12.4. The van der Waals surface area contributed by atoms with E-state index in [1.165, 1.54) is 0 Å². The molecule has 0 saturated heterocycles. The summed E-state index contributed by atoms with van der Waals surface area (Å²) >= 11 is 3.38. The Morgan fingerprint density at radius 2 is 1.44 bits per heavy atom. The van der Waals surface area contributed by atoms with Crippen LogP contribution < -0.4 is 0 Å². The maximum atomic E-state index is 12.4. The number of fused-ring (bicyclic) bond motifs is 2. The minimum absolute atomic E-state index is 0.243. The molecule has 0 saturated carbocycles. The number of carbonyl (C=O) groups excluding carboxylic acids is 1. The number of ether oxygens (including phenoxy) is 1. The molecule has 0 atom stereocenters. The van der Waals surface area contributed by atoms with Gasteiger partial charge in [-0.3, -0.25) is 0 Å². The molecule has 3 heteroatoms. The van der Waals surface area contributed by atoms with E-state index in [-0.39, 0.29) is 12.6 Å². The molecule has 25 heavy (non-hydrogen) atoms. The highest BCUT2D eigenvalue weighted by Gasteiger charge is 2.12. The van der Waals surface area contributed by atoms with E-state index in [0.29, 0.717) is 5.56 Å². The highest BCUT2D eigenvalue weighted by atomic mass is 79.9. The lowest BCUT2D eigenvalue weighted by Crippen LogP contribution is -2.06. The lowest BCUT2D eigenvalue weighted by Gasteiger charge is -2.12. The van der Waals surface area contributed by atoms with Crippen LogP contribution in [-0.4, -0.2) is 5.97 Å². The molecule has 0 aliphatic carbocycles. The van der Waals surface area contributed by atoms with Crippen molar-refractivity contribution < 1.29 is 9.53 Å². The largest absolute Gasteiger partial charge is 0.457 e. The smallest absolute Gasteiger partial charge is 0.338 e. The first kappa shape index (κ1) is 15.9. The van der Waals surface area contributed by atoms with Crippen molar-refractivity contribution in [1.29, 1.82) is 0 Å². The second-order valence-electron chi connectivity index (χ2n) is 5.88. The van der Waals surface area contributed by atoms with Gasteiger partial charge in [0.05, 0.1) is 5.56 Å². The summed E-state index contributed by atoms with van der Waals surface area (Å²) in [7, 11) is 0. The fourth-order valence-electron chi connectivity index (χ4n) is 3.10. The van der Waals surface area contributed by atoms with E-state index >= 15 is 0 Å². The maximum Gasteiger partial charge on any atom is 0.338 e. The fraction of sp³-hybridized carbons (Fsp3) is 0.0455. The molecule has 0 aromatic heterocycles. The Bertz CT molecular complexity index is 1030. The van der Waals surface area contributed by atoms with Crippen LogP contribution in [0.2, 0.25) is 0 Å².